The van der Waals surface area contributed by atoms with Gasteiger partial charge in [-0.25, -0.2) is 9.78 Å². The lowest BCUT2D eigenvalue weighted by molar-refractivity contribution is 0.0696. The van der Waals surface area contributed by atoms with Crippen molar-refractivity contribution in [3.05, 3.63) is 23.9 Å². The Morgan fingerprint density at radius 1 is 1.38 bits per heavy atom. The standard InChI is InChI=1S/C11H14N2O3/c14-11(15)9-2-3-10(12-8-9)13-4-1-6-16-7-5-13/h2-3,8H,1,4-7H2,(H,14,15). The molecule has 16 heavy (non-hydrogen) atoms. The topological polar surface area (TPSA) is 62.7 Å². The maximum Gasteiger partial charge on any atom is 0.337 e. The van der Waals surface area contributed by atoms with E-state index in [1.54, 1.807) is 12.1 Å². The first-order valence-electron chi connectivity index (χ1n) is 5.29. The van der Waals surface area contributed by atoms with Gasteiger partial charge in [-0.2, -0.15) is 0 Å². The number of pyridine rings is 1. The molecule has 0 radical (unpaired) electrons. The molecule has 0 amide bonds. The summed E-state index contributed by atoms with van der Waals surface area (Å²) >= 11 is 0. The lowest BCUT2D eigenvalue weighted by atomic mass is 10.3. The third kappa shape index (κ3) is 2.49. The van der Waals surface area contributed by atoms with Crippen molar-refractivity contribution < 1.29 is 14.6 Å². The fraction of sp³-hybridized carbons (Fsp3) is 0.455. The highest BCUT2D eigenvalue weighted by Gasteiger charge is 2.11. The fourth-order valence-corrected chi connectivity index (χ4v) is 1.67. The largest absolute Gasteiger partial charge is 0.478 e. The number of carbonyl (C=O) groups is 1. The van der Waals surface area contributed by atoms with E-state index < -0.39 is 5.97 Å². The molecule has 1 aromatic rings. The second-order valence-electron chi connectivity index (χ2n) is 3.66. The smallest absolute Gasteiger partial charge is 0.337 e. The van der Waals surface area contributed by atoms with E-state index in [1.165, 1.54) is 6.20 Å². The summed E-state index contributed by atoms with van der Waals surface area (Å²) in [6, 6.07) is 3.32. The molecule has 5 nitrogen and oxygen atoms in total. The van der Waals surface area contributed by atoms with Crippen LogP contribution in [0.25, 0.3) is 0 Å². The average molecular weight is 222 g/mol. The number of hydrogen-bond acceptors (Lipinski definition) is 4. The first kappa shape index (κ1) is 10.9. The van der Waals surface area contributed by atoms with E-state index in [-0.39, 0.29) is 5.56 Å². The number of carboxylic acids is 1. The van der Waals surface area contributed by atoms with Gasteiger partial charge in [-0.15, -0.1) is 0 Å². The highest BCUT2D eigenvalue weighted by atomic mass is 16.5. The van der Waals surface area contributed by atoms with Crippen LogP contribution in [0.5, 0.6) is 0 Å². The highest BCUT2D eigenvalue weighted by molar-refractivity contribution is 5.87. The van der Waals surface area contributed by atoms with Crippen LogP contribution in [0.15, 0.2) is 18.3 Å². The molecule has 1 N–H and O–H groups in total. The Morgan fingerprint density at radius 3 is 2.94 bits per heavy atom. The number of rotatable bonds is 2. The molecular formula is C11H14N2O3. The van der Waals surface area contributed by atoms with Gasteiger partial charge in [-0.05, 0) is 18.6 Å². The monoisotopic (exact) mass is 222 g/mol. The van der Waals surface area contributed by atoms with Crippen molar-refractivity contribution in [2.75, 3.05) is 31.2 Å². The summed E-state index contributed by atoms with van der Waals surface area (Å²) in [6.07, 6.45) is 2.37. The third-order valence-electron chi connectivity index (χ3n) is 2.54. The summed E-state index contributed by atoms with van der Waals surface area (Å²) in [5.41, 5.74) is 0.217. The molecular weight excluding hydrogens is 208 g/mol. The van der Waals surface area contributed by atoms with E-state index in [2.05, 4.69) is 9.88 Å². The van der Waals surface area contributed by atoms with Gasteiger partial charge in [-0.1, -0.05) is 0 Å². The van der Waals surface area contributed by atoms with Gasteiger partial charge in [0.25, 0.3) is 0 Å². The number of hydrogen-bond donors (Lipinski definition) is 1. The molecule has 0 saturated carbocycles. The molecule has 1 saturated heterocycles. The zero-order valence-electron chi connectivity index (χ0n) is 8.93. The summed E-state index contributed by atoms with van der Waals surface area (Å²) in [4.78, 5) is 16.9. The van der Waals surface area contributed by atoms with Crippen LogP contribution in [0, 0.1) is 0 Å². The Balaban J connectivity index is 2.10. The van der Waals surface area contributed by atoms with Crippen molar-refractivity contribution in [2.24, 2.45) is 0 Å². The summed E-state index contributed by atoms with van der Waals surface area (Å²) in [7, 11) is 0. The fourth-order valence-electron chi connectivity index (χ4n) is 1.67. The lowest BCUT2D eigenvalue weighted by Crippen LogP contribution is -2.26. The molecule has 0 unspecified atom stereocenters. The molecule has 0 spiro atoms. The second-order valence-corrected chi connectivity index (χ2v) is 3.66. The van der Waals surface area contributed by atoms with Gasteiger partial charge in [-0.3, -0.25) is 0 Å². The Bertz CT molecular complexity index is 356. The van der Waals surface area contributed by atoms with E-state index in [1.807, 2.05) is 0 Å². The third-order valence-corrected chi connectivity index (χ3v) is 2.54. The molecule has 2 heterocycles. The SMILES string of the molecule is O=C(O)c1ccc(N2CCCOCC2)nc1. The van der Waals surface area contributed by atoms with E-state index in [0.29, 0.717) is 6.61 Å². The highest BCUT2D eigenvalue weighted by Crippen LogP contribution is 2.13. The van der Waals surface area contributed by atoms with Crippen LogP contribution >= 0.6 is 0 Å². The molecule has 1 fully saturated rings. The Morgan fingerprint density at radius 2 is 2.25 bits per heavy atom. The Hall–Kier alpha value is -1.62. The van der Waals surface area contributed by atoms with Gasteiger partial charge in [0.2, 0.25) is 0 Å². The molecule has 0 aromatic carbocycles. The molecule has 0 atom stereocenters. The van der Waals surface area contributed by atoms with Crippen molar-refractivity contribution in [3.8, 4) is 0 Å². The second kappa shape index (κ2) is 4.94. The minimum absolute atomic E-state index is 0.217. The number of aromatic carboxylic acids is 1. The quantitative estimate of drug-likeness (QED) is 0.809. The van der Waals surface area contributed by atoms with Crippen LogP contribution in [0.2, 0.25) is 0 Å². The van der Waals surface area contributed by atoms with Crippen LogP contribution in [0.4, 0.5) is 5.82 Å². The van der Waals surface area contributed by atoms with E-state index in [9.17, 15) is 4.79 Å². The zero-order chi connectivity index (χ0) is 11.4. The lowest BCUT2D eigenvalue weighted by Gasteiger charge is -2.20. The minimum Gasteiger partial charge on any atom is -0.478 e. The van der Waals surface area contributed by atoms with Gasteiger partial charge < -0.3 is 14.7 Å². The van der Waals surface area contributed by atoms with Crippen molar-refractivity contribution in [2.45, 2.75) is 6.42 Å². The predicted octanol–water partition coefficient (Wildman–Crippen LogP) is 1.01. The van der Waals surface area contributed by atoms with Crippen LogP contribution in [-0.4, -0.2) is 42.4 Å². The van der Waals surface area contributed by atoms with Crippen LogP contribution in [0.1, 0.15) is 16.8 Å². The molecule has 5 heteroatoms. The Labute approximate surface area is 93.7 Å². The Kier molecular flexibility index (Phi) is 3.36. The average Bonchev–Trinajstić information content (AvgIpc) is 2.57. The van der Waals surface area contributed by atoms with Crippen LogP contribution in [0.3, 0.4) is 0 Å². The van der Waals surface area contributed by atoms with Crippen molar-refractivity contribution in [1.82, 2.24) is 4.98 Å². The predicted molar refractivity (Wildman–Crippen MR) is 58.8 cm³/mol. The number of nitrogens with zero attached hydrogens (tertiary/aromatic N) is 2. The maximum absolute atomic E-state index is 10.7. The summed E-state index contributed by atoms with van der Waals surface area (Å²) in [5.74, 6) is -0.131. The normalized spacial score (nSPS) is 16.9. The molecule has 0 aliphatic carbocycles. The molecule has 86 valence electrons. The number of carboxylic acid groups (broad SMARTS) is 1. The molecule has 1 aliphatic rings. The molecule has 2 rings (SSSR count). The first-order valence-corrected chi connectivity index (χ1v) is 5.29. The number of anilines is 1. The zero-order valence-corrected chi connectivity index (χ0v) is 8.93. The molecule has 1 aliphatic heterocycles. The number of aromatic nitrogens is 1. The summed E-state index contributed by atoms with van der Waals surface area (Å²) < 4.78 is 5.34. The number of ether oxygens (including phenoxy) is 1. The van der Waals surface area contributed by atoms with Crippen molar-refractivity contribution >= 4 is 11.8 Å². The van der Waals surface area contributed by atoms with Crippen LogP contribution in [-0.2, 0) is 4.74 Å². The van der Waals surface area contributed by atoms with E-state index in [4.69, 9.17) is 9.84 Å². The van der Waals surface area contributed by atoms with Gasteiger partial charge in [0.1, 0.15) is 5.82 Å². The maximum atomic E-state index is 10.7. The molecule has 0 bridgehead atoms. The first-order chi connectivity index (χ1) is 7.77. The van der Waals surface area contributed by atoms with Crippen LogP contribution < -0.4 is 4.90 Å². The summed E-state index contributed by atoms with van der Waals surface area (Å²) in [5, 5.41) is 8.76. The molecule has 1 aromatic heterocycles. The summed E-state index contributed by atoms with van der Waals surface area (Å²) in [6.45, 7) is 3.19. The van der Waals surface area contributed by atoms with Crippen molar-refractivity contribution in [3.63, 3.8) is 0 Å². The van der Waals surface area contributed by atoms with Gasteiger partial charge >= 0.3 is 5.97 Å². The van der Waals surface area contributed by atoms with Gasteiger partial charge in [0.05, 0.1) is 12.2 Å². The van der Waals surface area contributed by atoms with E-state index in [0.717, 1.165) is 31.9 Å². The van der Waals surface area contributed by atoms with E-state index >= 15 is 0 Å². The minimum atomic E-state index is -0.946. The van der Waals surface area contributed by atoms with Gasteiger partial charge in [0, 0.05) is 25.9 Å². The van der Waals surface area contributed by atoms with Gasteiger partial charge in [0.15, 0.2) is 0 Å². The van der Waals surface area contributed by atoms with Crippen molar-refractivity contribution in [1.29, 1.82) is 0 Å².